The van der Waals surface area contributed by atoms with Gasteiger partial charge >= 0.3 is 0 Å². The third-order valence-corrected chi connectivity index (χ3v) is 3.30. The number of guanidine groups is 1. The summed E-state index contributed by atoms with van der Waals surface area (Å²) in [6.45, 7) is 5.22. The molecule has 8 heteroatoms. The predicted octanol–water partition coefficient (Wildman–Crippen LogP) is -0.698. The molecule has 1 heterocycles. The van der Waals surface area contributed by atoms with E-state index in [0.717, 1.165) is 39.4 Å². The Morgan fingerprint density at radius 1 is 1.27 bits per heavy atom. The summed E-state index contributed by atoms with van der Waals surface area (Å²) in [5, 5.41) is 6.22. The van der Waals surface area contributed by atoms with Gasteiger partial charge in [-0.15, -0.1) is 0 Å². The number of morpholine rings is 1. The lowest BCUT2D eigenvalue weighted by Gasteiger charge is -2.26. The smallest absolute Gasteiger partial charge is 0.243 e. The van der Waals surface area contributed by atoms with E-state index >= 15 is 0 Å². The van der Waals surface area contributed by atoms with Crippen LogP contribution in [0.5, 0.6) is 0 Å². The number of amides is 1. The third-order valence-electron chi connectivity index (χ3n) is 3.30. The van der Waals surface area contributed by atoms with Gasteiger partial charge in [-0.05, 0) is 6.42 Å². The van der Waals surface area contributed by atoms with Crippen LogP contribution in [-0.4, -0.2) is 94.9 Å². The number of carbonyl (C=O) groups excluding carboxylic acids is 1. The third kappa shape index (κ3) is 8.14. The minimum atomic E-state index is -0.370. The number of likely N-dealkylation sites (N-methyl/N-ethyl adjacent to an activating group) is 1. The van der Waals surface area contributed by atoms with E-state index in [4.69, 9.17) is 4.74 Å². The van der Waals surface area contributed by atoms with E-state index in [9.17, 15) is 9.18 Å². The Morgan fingerprint density at radius 3 is 2.59 bits per heavy atom. The Balaban J connectivity index is 2.35. The average molecular weight is 317 g/mol. The number of hydrogen-bond donors (Lipinski definition) is 2. The molecule has 1 rings (SSSR count). The number of hydrogen-bond acceptors (Lipinski definition) is 4. The first-order valence-corrected chi connectivity index (χ1v) is 7.72. The highest BCUT2D eigenvalue weighted by molar-refractivity contribution is 5.84. The standard InChI is InChI=1S/C14H28FN5O2/c1-19(2)13(21)12-18-14(16-5-3-4-15)17-6-7-20-8-10-22-11-9-20/h3-12H2,1-2H3,(H2,16,17,18). The maximum atomic E-state index is 12.2. The second kappa shape index (κ2) is 11.2. The van der Waals surface area contributed by atoms with Crippen LogP contribution in [-0.2, 0) is 9.53 Å². The number of nitrogens with one attached hydrogen (secondary N) is 2. The molecule has 128 valence electrons. The molecule has 0 aromatic rings. The average Bonchev–Trinajstić information content (AvgIpc) is 2.52. The van der Waals surface area contributed by atoms with E-state index in [0.29, 0.717) is 18.9 Å². The van der Waals surface area contributed by atoms with Crippen LogP contribution in [0.3, 0.4) is 0 Å². The van der Waals surface area contributed by atoms with Gasteiger partial charge in [0, 0.05) is 46.8 Å². The number of nitrogens with zero attached hydrogens (tertiary/aromatic N) is 3. The van der Waals surface area contributed by atoms with Crippen molar-refractivity contribution in [1.82, 2.24) is 20.4 Å². The summed E-state index contributed by atoms with van der Waals surface area (Å²) in [4.78, 5) is 19.6. The van der Waals surface area contributed by atoms with Gasteiger partial charge in [0.25, 0.3) is 0 Å². The van der Waals surface area contributed by atoms with Gasteiger partial charge in [-0.1, -0.05) is 0 Å². The van der Waals surface area contributed by atoms with Crippen molar-refractivity contribution in [3.63, 3.8) is 0 Å². The lowest BCUT2D eigenvalue weighted by atomic mass is 10.4. The first kappa shape index (κ1) is 18.6. The van der Waals surface area contributed by atoms with Crippen molar-refractivity contribution in [3.8, 4) is 0 Å². The quantitative estimate of drug-likeness (QED) is 0.352. The molecule has 0 aliphatic carbocycles. The first-order chi connectivity index (χ1) is 10.6. The van der Waals surface area contributed by atoms with Crippen molar-refractivity contribution in [2.75, 3.05) is 73.3 Å². The summed E-state index contributed by atoms with van der Waals surface area (Å²) in [5.41, 5.74) is 0. The summed E-state index contributed by atoms with van der Waals surface area (Å²) in [6, 6.07) is 0. The predicted molar refractivity (Wildman–Crippen MR) is 84.9 cm³/mol. The summed E-state index contributed by atoms with van der Waals surface area (Å²) < 4.78 is 17.5. The van der Waals surface area contributed by atoms with E-state index in [2.05, 4.69) is 20.5 Å². The lowest BCUT2D eigenvalue weighted by Crippen LogP contribution is -2.45. The van der Waals surface area contributed by atoms with Gasteiger partial charge in [-0.2, -0.15) is 0 Å². The Labute approximate surface area is 131 Å². The SMILES string of the molecule is CN(C)C(=O)CN=C(NCCCF)NCCN1CCOCC1. The van der Waals surface area contributed by atoms with Crippen molar-refractivity contribution in [1.29, 1.82) is 0 Å². The topological polar surface area (TPSA) is 69.2 Å². The Kier molecular flexibility index (Phi) is 9.49. The van der Waals surface area contributed by atoms with Crippen LogP contribution in [0.25, 0.3) is 0 Å². The molecule has 1 saturated heterocycles. The van der Waals surface area contributed by atoms with Gasteiger partial charge < -0.3 is 20.3 Å². The van der Waals surface area contributed by atoms with E-state index < -0.39 is 0 Å². The fraction of sp³-hybridized carbons (Fsp3) is 0.857. The van der Waals surface area contributed by atoms with Crippen LogP contribution in [0.1, 0.15) is 6.42 Å². The molecule has 1 amide bonds. The van der Waals surface area contributed by atoms with Gasteiger partial charge in [0.05, 0.1) is 19.9 Å². The summed E-state index contributed by atoms with van der Waals surface area (Å²) in [7, 11) is 3.39. The van der Waals surface area contributed by atoms with Crippen LogP contribution in [0, 0.1) is 0 Å². The molecule has 2 N–H and O–H groups in total. The Morgan fingerprint density at radius 2 is 1.95 bits per heavy atom. The largest absolute Gasteiger partial charge is 0.379 e. The van der Waals surface area contributed by atoms with Crippen molar-refractivity contribution in [2.45, 2.75) is 6.42 Å². The van der Waals surface area contributed by atoms with E-state index in [1.807, 2.05) is 0 Å². The normalized spacial score (nSPS) is 16.4. The number of rotatable bonds is 8. The zero-order valence-electron chi connectivity index (χ0n) is 13.6. The Hall–Kier alpha value is -1.41. The van der Waals surface area contributed by atoms with Crippen molar-refractivity contribution >= 4 is 11.9 Å². The van der Waals surface area contributed by atoms with Gasteiger partial charge in [-0.3, -0.25) is 14.1 Å². The highest BCUT2D eigenvalue weighted by Gasteiger charge is 2.10. The number of alkyl halides is 1. The van der Waals surface area contributed by atoms with Crippen LogP contribution < -0.4 is 10.6 Å². The molecule has 0 saturated carbocycles. The fourth-order valence-electron chi connectivity index (χ4n) is 1.89. The molecule has 0 radical (unpaired) electrons. The van der Waals surface area contributed by atoms with Crippen molar-refractivity contribution in [2.24, 2.45) is 4.99 Å². The minimum Gasteiger partial charge on any atom is -0.379 e. The monoisotopic (exact) mass is 317 g/mol. The van der Waals surface area contributed by atoms with Crippen molar-refractivity contribution in [3.05, 3.63) is 0 Å². The highest BCUT2D eigenvalue weighted by atomic mass is 19.1. The minimum absolute atomic E-state index is 0.0697. The molecular formula is C14H28FN5O2. The molecule has 1 fully saturated rings. The number of carbonyl (C=O) groups is 1. The zero-order chi connectivity index (χ0) is 16.2. The van der Waals surface area contributed by atoms with Crippen molar-refractivity contribution < 1.29 is 13.9 Å². The Bertz CT molecular complexity index is 346. The molecule has 0 aromatic carbocycles. The molecular weight excluding hydrogens is 289 g/mol. The van der Waals surface area contributed by atoms with E-state index in [1.165, 1.54) is 4.90 Å². The zero-order valence-corrected chi connectivity index (χ0v) is 13.6. The summed E-state index contributed by atoms with van der Waals surface area (Å²) in [6.07, 6.45) is 0.422. The maximum Gasteiger partial charge on any atom is 0.243 e. The summed E-state index contributed by atoms with van der Waals surface area (Å²) in [5.74, 6) is 0.483. The van der Waals surface area contributed by atoms with Gasteiger partial charge in [0.2, 0.25) is 5.91 Å². The lowest BCUT2D eigenvalue weighted by molar-refractivity contribution is -0.127. The van der Waals surface area contributed by atoms with Crippen LogP contribution in [0.15, 0.2) is 4.99 Å². The van der Waals surface area contributed by atoms with Crippen LogP contribution in [0.4, 0.5) is 4.39 Å². The molecule has 1 aliphatic heterocycles. The first-order valence-electron chi connectivity index (χ1n) is 7.72. The molecule has 0 spiro atoms. The van der Waals surface area contributed by atoms with Gasteiger partial charge in [0.15, 0.2) is 5.96 Å². The fourth-order valence-corrected chi connectivity index (χ4v) is 1.89. The molecule has 0 unspecified atom stereocenters. The molecule has 7 nitrogen and oxygen atoms in total. The van der Waals surface area contributed by atoms with Gasteiger partial charge in [0.1, 0.15) is 6.54 Å². The van der Waals surface area contributed by atoms with E-state index in [1.54, 1.807) is 14.1 Å². The molecule has 1 aliphatic rings. The summed E-state index contributed by atoms with van der Waals surface area (Å²) >= 11 is 0. The highest BCUT2D eigenvalue weighted by Crippen LogP contribution is 1.94. The molecule has 0 aromatic heterocycles. The molecule has 0 atom stereocenters. The number of halogens is 1. The maximum absolute atomic E-state index is 12.2. The number of aliphatic imine (C=N–C) groups is 1. The van der Waals surface area contributed by atoms with Gasteiger partial charge in [-0.25, -0.2) is 4.99 Å². The van der Waals surface area contributed by atoms with Crippen LogP contribution >= 0.6 is 0 Å². The second-order valence-corrected chi connectivity index (χ2v) is 5.30. The molecule has 22 heavy (non-hydrogen) atoms. The second-order valence-electron chi connectivity index (χ2n) is 5.30. The number of ether oxygens (including phenoxy) is 1. The van der Waals surface area contributed by atoms with Crippen LogP contribution in [0.2, 0.25) is 0 Å². The van der Waals surface area contributed by atoms with E-state index in [-0.39, 0.29) is 19.1 Å². The molecule has 0 bridgehead atoms.